The molecule has 2 aliphatic heterocycles. The highest BCUT2D eigenvalue weighted by Gasteiger charge is 2.32. The molecule has 0 unspecified atom stereocenters. The van der Waals surface area contributed by atoms with Crippen molar-refractivity contribution in [2.24, 2.45) is 0 Å². The summed E-state index contributed by atoms with van der Waals surface area (Å²) in [6, 6.07) is 1.24. The molecule has 4 heteroatoms. The molecule has 136 valence electrons. The van der Waals surface area contributed by atoms with Gasteiger partial charge in [0.25, 0.3) is 0 Å². The number of carbonyl (C=O) groups excluding carboxylic acids is 1. The summed E-state index contributed by atoms with van der Waals surface area (Å²) in [6.07, 6.45) is 4.65. The SMILES string of the molecule is C=C(C)CN1CCC(N(CC(=C)C)C2CCN(C(C)=O)CC2)CC1. The Morgan fingerprint density at radius 2 is 1.42 bits per heavy atom. The Morgan fingerprint density at radius 3 is 1.83 bits per heavy atom. The van der Waals surface area contributed by atoms with E-state index in [4.69, 9.17) is 0 Å². The van der Waals surface area contributed by atoms with Crippen LogP contribution in [0.1, 0.15) is 46.5 Å². The largest absolute Gasteiger partial charge is 0.343 e. The molecule has 4 nitrogen and oxygen atoms in total. The lowest BCUT2D eigenvalue weighted by molar-refractivity contribution is -0.130. The molecule has 2 rings (SSSR count). The summed E-state index contributed by atoms with van der Waals surface area (Å²) in [5.41, 5.74) is 2.50. The molecule has 0 spiro atoms. The van der Waals surface area contributed by atoms with E-state index in [0.29, 0.717) is 12.1 Å². The fourth-order valence-electron chi connectivity index (χ4n) is 4.17. The van der Waals surface area contributed by atoms with Gasteiger partial charge < -0.3 is 4.90 Å². The lowest BCUT2D eigenvalue weighted by atomic mass is 9.95. The van der Waals surface area contributed by atoms with Crippen LogP contribution in [-0.4, -0.2) is 72.0 Å². The lowest BCUT2D eigenvalue weighted by Gasteiger charge is -2.45. The van der Waals surface area contributed by atoms with Crippen LogP contribution in [-0.2, 0) is 4.79 Å². The fourth-order valence-corrected chi connectivity index (χ4v) is 4.17. The molecule has 0 aromatic carbocycles. The molecular formula is C20H35N3O. The van der Waals surface area contributed by atoms with Crippen molar-refractivity contribution >= 4 is 5.91 Å². The molecule has 0 aromatic heterocycles. The van der Waals surface area contributed by atoms with Gasteiger partial charge in [-0.2, -0.15) is 0 Å². The highest BCUT2D eigenvalue weighted by atomic mass is 16.2. The van der Waals surface area contributed by atoms with E-state index in [1.807, 2.05) is 4.90 Å². The minimum absolute atomic E-state index is 0.216. The predicted octanol–water partition coefficient (Wildman–Crippen LogP) is 2.92. The molecule has 1 amide bonds. The molecule has 2 saturated heterocycles. The van der Waals surface area contributed by atoms with E-state index < -0.39 is 0 Å². The van der Waals surface area contributed by atoms with Crippen molar-refractivity contribution < 1.29 is 4.79 Å². The summed E-state index contributed by atoms with van der Waals surface area (Å²) < 4.78 is 0. The monoisotopic (exact) mass is 333 g/mol. The second-order valence-electron chi connectivity index (χ2n) is 7.83. The second-order valence-corrected chi connectivity index (χ2v) is 7.83. The van der Waals surface area contributed by atoms with Crippen molar-refractivity contribution in [2.45, 2.75) is 58.5 Å². The molecule has 2 heterocycles. The first-order valence-electron chi connectivity index (χ1n) is 9.39. The van der Waals surface area contributed by atoms with Gasteiger partial charge in [-0.25, -0.2) is 0 Å². The van der Waals surface area contributed by atoms with Crippen LogP contribution in [0.2, 0.25) is 0 Å². The number of carbonyl (C=O) groups is 1. The molecular weight excluding hydrogens is 298 g/mol. The first kappa shape index (κ1) is 19.2. The summed E-state index contributed by atoms with van der Waals surface area (Å²) in [5, 5.41) is 0. The van der Waals surface area contributed by atoms with Gasteiger partial charge in [-0.15, -0.1) is 0 Å². The highest BCUT2D eigenvalue weighted by Crippen LogP contribution is 2.25. The number of rotatable bonds is 6. The van der Waals surface area contributed by atoms with E-state index in [2.05, 4.69) is 36.8 Å². The Kier molecular flexibility index (Phi) is 7.05. The van der Waals surface area contributed by atoms with Gasteiger partial charge in [-0.1, -0.05) is 24.3 Å². The van der Waals surface area contributed by atoms with E-state index in [-0.39, 0.29) is 5.91 Å². The summed E-state index contributed by atoms with van der Waals surface area (Å²) in [7, 11) is 0. The molecule has 0 radical (unpaired) electrons. The van der Waals surface area contributed by atoms with Crippen molar-refractivity contribution in [3.8, 4) is 0 Å². The third kappa shape index (κ3) is 5.45. The van der Waals surface area contributed by atoms with Crippen molar-refractivity contribution in [3.63, 3.8) is 0 Å². The van der Waals surface area contributed by atoms with Gasteiger partial charge in [-0.3, -0.25) is 14.6 Å². The molecule has 24 heavy (non-hydrogen) atoms. The van der Waals surface area contributed by atoms with E-state index >= 15 is 0 Å². The Hall–Kier alpha value is -1.13. The minimum atomic E-state index is 0.216. The number of hydrogen-bond donors (Lipinski definition) is 0. The second kappa shape index (κ2) is 8.82. The third-order valence-electron chi connectivity index (χ3n) is 5.35. The fraction of sp³-hybridized carbons (Fsp3) is 0.750. The van der Waals surface area contributed by atoms with Crippen LogP contribution < -0.4 is 0 Å². The van der Waals surface area contributed by atoms with Crippen molar-refractivity contribution in [1.82, 2.24) is 14.7 Å². The van der Waals surface area contributed by atoms with Crippen molar-refractivity contribution in [1.29, 1.82) is 0 Å². The van der Waals surface area contributed by atoms with Crippen LogP contribution in [0, 0.1) is 0 Å². The third-order valence-corrected chi connectivity index (χ3v) is 5.35. The molecule has 0 atom stereocenters. The standard InChI is InChI=1S/C20H35N3O/c1-16(2)14-21-10-6-19(7-11-21)23(15-17(3)4)20-8-12-22(13-9-20)18(5)24/h19-20H,1,3,6-15H2,2,4-5H3. The average molecular weight is 334 g/mol. The summed E-state index contributed by atoms with van der Waals surface area (Å²) in [6.45, 7) is 20.3. The maximum atomic E-state index is 11.6. The van der Waals surface area contributed by atoms with Crippen LogP contribution in [0.15, 0.2) is 24.3 Å². The quantitative estimate of drug-likeness (QED) is 0.699. The van der Waals surface area contributed by atoms with Crippen molar-refractivity contribution in [3.05, 3.63) is 24.3 Å². The molecule has 0 bridgehead atoms. The van der Waals surface area contributed by atoms with Crippen LogP contribution in [0.25, 0.3) is 0 Å². The van der Waals surface area contributed by atoms with Crippen LogP contribution in [0.5, 0.6) is 0 Å². The molecule has 0 aliphatic carbocycles. The van der Waals surface area contributed by atoms with Crippen LogP contribution >= 0.6 is 0 Å². The van der Waals surface area contributed by atoms with Crippen molar-refractivity contribution in [2.75, 3.05) is 39.3 Å². The van der Waals surface area contributed by atoms with E-state index in [0.717, 1.165) is 52.1 Å². The van der Waals surface area contributed by atoms with Gasteiger partial charge in [0.15, 0.2) is 0 Å². The number of piperidine rings is 2. The number of hydrogen-bond acceptors (Lipinski definition) is 3. The van der Waals surface area contributed by atoms with Gasteiger partial charge in [0.2, 0.25) is 5.91 Å². The molecule has 2 aliphatic rings. The zero-order chi connectivity index (χ0) is 17.7. The highest BCUT2D eigenvalue weighted by molar-refractivity contribution is 5.73. The number of amides is 1. The number of nitrogens with zero attached hydrogens (tertiary/aromatic N) is 3. The van der Waals surface area contributed by atoms with Gasteiger partial charge in [-0.05, 0) is 52.6 Å². The van der Waals surface area contributed by atoms with E-state index in [1.165, 1.54) is 24.0 Å². The maximum Gasteiger partial charge on any atom is 0.219 e. The van der Waals surface area contributed by atoms with Crippen LogP contribution in [0.3, 0.4) is 0 Å². The van der Waals surface area contributed by atoms with E-state index in [9.17, 15) is 4.79 Å². The Bertz CT molecular complexity index is 458. The van der Waals surface area contributed by atoms with Gasteiger partial charge in [0.05, 0.1) is 0 Å². The summed E-state index contributed by atoms with van der Waals surface area (Å²) >= 11 is 0. The van der Waals surface area contributed by atoms with Crippen LogP contribution in [0.4, 0.5) is 0 Å². The van der Waals surface area contributed by atoms with Gasteiger partial charge >= 0.3 is 0 Å². The molecule has 2 fully saturated rings. The predicted molar refractivity (Wildman–Crippen MR) is 101 cm³/mol. The zero-order valence-corrected chi connectivity index (χ0v) is 15.9. The summed E-state index contributed by atoms with van der Waals surface area (Å²) in [4.78, 5) is 18.8. The molecule has 0 saturated carbocycles. The average Bonchev–Trinajstić information content (AvgIpc) is 2.53. The first-order chi connectivity index (χ1) is 11.4. The smallest absolute Gasteiger partial charge is 0.219 e. The molecule has 0 aromatic rings. The Balaban J connectivity index is 1.93. The first-order valence-corrected chi connectivity index (χ1v) is 9.39. The maximum absolute atomic E-state index is 11.6. The topological polar surface area (TPSA) is 26.8 Å². The normalized spacial score (nSPS) is 21.2. The number of likely N-dealkylation sites (tertiary alicyclic amines) is 2. The van der Waals surface area contributed by atoms with E-state index in [1.54, 1.807) is 6.92 Å². The lowest BCUT2D eigenvalue weighted by Crippen LogP contribution is -2.53. The van der Waals surface area contributed by atoms with Gasteiger partial charge in [0, 0.05) is 45.2 Å². The Labute approximate surface area is 148 Å². The van der Waals surface area contributed by atoms with Gasteiger partial charge in [0.1, 0.15) is 0 Å². The molecule has 0 N–H and O–H groups in total. The Morgan fingerprint density at radius 1 is 0.917 bits per heavy atom. The zero-order valence-electron chi connectivity index (χ0n) is 15.9. The summed E-state index contributed by atoms with van der Waals surface area (Å²) in [5.74, 6) is 0.216. The minimum Gasteiger partial charge on any atom is -0.343 e.